The summed E-state index contributed by atoms with van der Waals surface area (Å²) in [7, 11) is 1.71. The van der Waals surface area contributed by atoms with Gasteiger partial charge in [-0.15, -0.1) is 0 Å². The van der Waals surface area contributed by atoms with E-state index in [9.17, 15) is 4.79 Å². The molecule has 0 bridgehead atoms. The summed E-state index contributed by atoms with van der Waals surface area (Å²) >= 11 is 0. The van der Waals surface area contributed by atoms with Gasteiger partial charge in [0.1, 0.15) is 5.82 Å². The van der Waals surface area contributed by atoms with Crippen molar-refractivity contribution in [1.82, 2.24) is 9.88 Å². The number of carbonyl (C=O) groups is 1. The standard InChI is InChI=1S/C21H27N3O2/c1-26-15-5-13-23-12-4-10-21(20(23)25)11-14-24(16-21)19-9-8-17-6-2-3-7-18(17)22-19/h2-3,6-9H,4-5,10-16H2,1H3. The van der Waals surface area contributed by atoms with Crippen molar-refractivity contribution in [2.45, 2.75) is 25.7 Å². The number of piperidine rings is 1. The molecule has 1 aromatic carbocycles. The Kier molecular flexibility index (Phi) is 4.81. The highest BCUT2D eigenvalue weighted by Crippen LogP contribution is 2.41. The van der Waals surface area contributed by atoms with Gasteiger partial charge in [-0.3, -0.25) is 4.79 Å². The van der Waals surface area contributed by atoms with Gasteiger partial charge in [0.2, 0.25) is 5.91 Å². The predicted molar refractivity (Wildman–Crippen MR) is 103 cm³/mol. The Bertz CT molecular complexity index is 794. The highest BCUT2D eigenvalue weighted by molar-refractivity contribution is 5.85. The minimum Gasteiger partial charge on any atom is -0.385 e. The number of nitrogens with zero attached hydrogens (tertiary/aromatic N) is 3. The molecule has 3 heterocycles. The van der Waals surface area contributed by atoms with Crippen LogP contribution in [-0.4, -0.2) is 55.7 Å². The maximum absolute atomic E-state index is 13.2. The number of methoxy groups -OCH3 is 1. The highest BCUT2D eigenvalue weighted by Gasteiger charge is 2.48. The normalized spacial score (nSPS) is 23.3. The fourth-order valence-corrected chi connectivity index (χ4v) is 4.44. The van der Waals surface area contributed by atoms with E-state index in [1.165, 1.54) is 0 Å². The van der Waals surface area contributed by atoms with Crippen LogP contribution in [0, 0.1) is 5.41 Å². The van der Waals surface area contributed by atoms with E-state index in [4.69, 9.17) is 9.72 Å². The van der Waals surface area contributed by atoms with Crippen molar-refractivity contribution in [3.8, 4) is 0 Å². The average molecular weight is 353 g/mol. The lowest BCUT2D eigenvalue weighted by Gasteiger charge is -2.39. The first kappa shape index (κ1) is 17.3. The number of likely N-dealkylation sites (tertiary alicyclic amines) is 1. The van der Waals surface area contributed by atoms with Crippen LogP contribution in [0.3, 0.4) is 0 Å². The number of amides is 1. The molecule has 2 saturated heterocycles. The largest absolute Gasteiger partial charge is 0.385 e. The Morgan fingerprint density at radius 2 is 2.04 bits per heavy atom. The van der Waals surface area contributed by atoms with Crippen molar-refractivity contribution in [3.05, 3.63) is 36.4 Å². The van der Waals surface area contributed by atoms with Crippen LogP contribution < -0.4 is 4.90 Å². The molecule has 5 heteroatoms. The number of fused-ring (bicyclic) bond motifs is 1. The second kappa shape index (κ2) is 7.23. The summed E-state index contributed by atoms with van der Waals surface area (Å²) < 4.78 is 5.14. The molecule has 2 aromatic rings. The summed E-state index contributed by atoms with van der Waals surface area (Å²) in [5, 5.41) is 1.16. The molecule has 1 atom stereocenters. The fourth-order valence-electron chi connectivity index (χ4n) is 4.44. The van der Waals surface area contributed by atoms with Gasteiger partial charge in [0.05, 0.1) is 10.9 Å². The van der Waals surface area contributed by atoms with Crippen molar-refractivity contribution in [2.24, 2.45) is 5.41 Å². The minimum atomic E-state index is -0.224. The molecule has 26 heavy (non-hydrogen) atoms. The van der Waals surface area contributed by atoms with E-state index in [0.717, 1.165) is 68.6 Å². The average Bonchev–Trinajstić information content (AvgIpc) is 3.10. The summed E-state index contributed by atoms with van der Waals surface area (Å²) in [5.41, 5.74) is 0.792. The third-order valence-corrected chi connectivity index (χ3v) is 5.86. The molecule has 1 spiro atoms. The second-order valence-electron chi connectivity index (χ2n) is 7.56. The van der Waals surface area contributed by atoms with Gasteiger partial charge in [0, 0.05) is 45.3 Å². The Morgan fingerprint density at radius 1 is 1.15 bits per heavy atom. The van der Waals surface area contributed by atoms with Crippen LogP contribution in [0.5, 0.6) is 0 Å². The summed E-state index contributed by atoms with van der Waals surface area (Å²) in [4.78, 5) is 22.3. The number of anilines is 1. The molecule has 1 amide bonds. The summed E-state index contributed by atoms with van der Waals surface area (Å²) in [6, 6.07) is 12.4. The number of hydrogen-bond donors (Lipinski definition) is 0. The molecule has 0 N–H and O–H groups in total. The van der Waals surface area contributed by atoms with E-state index in [1.54, 1.807) is 7.11 Å². The van der Waals surface area contributed by atoms with E-state index in [-0.39, 0.29) is 5.41 Å². The maximum Gasteiger partial charge on any atom is 0.230 e. The zero-order valence-electron chi connectivity index (χ0n) is 15.5. The molecule has 0 aliphatic carbocycles. The molecule has 0 saturated carbocycles. The van der Waals surface area contributed by atoms with Gasteiger partial charge in [-0.25, -0.2) is 4.98 Å². The van der Waals surface area contributed by atoms with Crippen LogP contribution in [0.1, 0.15) is 25.7 Å². The molecule has 1 aromatic heterocycles. The van der Waals surface area contributed by atoms with Gasteiger partial charge in [0.25, 0.3) is 0 Å². The number of aromatic nitrogens is 1. The number of ether oxygens (including phenoxy) is 1. The van der Waals surface area contributed by atoms with Crippen LogP contribution in [0.4, 0.5) is 5.82 Å². The monoisotopic (exact) mass is 353 g/mol. The Balaban J connectivity index is 1.50. The van der Waals surface area contributed by atoms with Crippen molar-refractivity contribution >= 4 is 22.6 Å². The molecule has 2 fully saturated rings. The predicted octanol–water partition coefficient (Wildman–Crippen LogP) is 3.09. The minimum absolute atomic E-state index is 0.224. The quantitative estimate of drug-likeness (QED) is 0.775. The number of carbonyl (C=O) groups excluding carboxylic acids is 1. The number of para-hydroxylation sites is 1. The van der Waals surface area contributed by atoms with Crippen LogP contribution in [-0.2, 0) is 9.53 Å². The smallest absolute Gasteiger partial charge is 0.230 e. The molecule has 2 aliphatic rings. The Morgan fingerprint density at radius 3 is 2.92 bits per heavy atom. The number of pyridine rings is 1. The van der Waals surface area contributed by atoms with Gasteiger partial charge in [-0.2, -0.15) is 0 Å². The second-order valence-corrected chi connectivity index (χ2v) is 7.56. The Hall–Kier alpha value is -2.14. The zero-order chi connectivity index (χ0) is 18.0. The van der Waals surface area contributed by atoms with Crippen LogP contribution in [0.15, 0.2) is 36.4 Å². The van der Waals surface area contributed by atoms with Gasteiger partial charge in [-0.05, 0) is 43.9 Å². The highest BCUT2D eigenvalue weighted by atomic mass is 16.5. The van der Waals surface area contributed by atoms with Gasteiger partial charge < -0.3 is 14.5 Å². The molecule has 1 unspecified atom stereocenters. The maximum atomic E-state index is 13.2. The first-order valence-corrected chi connectivity index (χ1v) is 9.61. The third kappa shape index (κ3) is 3.16. The lowest BCUT2D eigenvalue weighted by Crippen LogP contribution is -2.50. The SMILES string of the molecule is COCCCN1CCCC2(CCN(c3ccc4ccccc4n3)C2)C1=O. The number of hydrogen-bond acceptors (Lipinski definition) is 4. The zero-order valence-corrected chi connectivity index (χ0v) is 15.5. The van der Waals surface area contributed by atoms with Crippen molar-refractivity contribution < 1.29 is 9.53 Å². The summed E-state index contributed by atoms with van der Waals surface area (Å²) in [6.07, 6.45) is 3.93. The van der Waals surface area contributed by atoms with Crippen molar-refractivity contribution in [2.75, 3.05) is 44.8 Å². The molecular weight excluding hydrogens is 326 g/mol. The molecule has 0 radical (unpaired) electrons. The van der Waals surface area contributed by atoms with Crippen molar-refractivity contribution in [3.63, 3.8) is 0 Å². The lowest BCUT2D eigenvalue weighted by molar-refractivity contribution is -0.145. The first-order chi connectivity index (χ1) is 12.7. The van der Waals surface area contributed by atoms with Crippen LogP contribution >= 0.6 is 0 Å². The van der Waals surface area contributed by atoms with E-state index in [0.29, 0.717) is 12.5 Å². The molecule has 4 rings (SSSR count). The topological polar surface area (TPSA) is 45.7 Å². The lowest BCUT2D eigenvalue weighted by atomic mass is 9.78. The number of benzene rings is 1. The van der Waals surface area contributed by atoms with E-state index in [2.05, 4.69) is 28.0 Å². The van der Waals surface area contributed by atoms with Crippen molar-refractivity contribution in [1.29, 1.82) is 0 Å². The first-order valence-electron chi connectivity index (χ1n) is 9.61. The molecular formula is C21H27N3O2. The molecule has 138 valence electrons. The third-order valence-electron chi connectivity index (χ3n) is 5.86. The van der Waals surface area contributed by atoms with E-state index >= 15 is 0 Å². The van der Waals surface area contributed by atoms with Gasteiger partial charge in [0.15, 0.2) is 0 Å². The summed E-state index contributed by atoms with van der Waals surface area (Å²) in [5.74, 6) is 1.33. The number of rotatable bonds is 5. The van der Waals surface area contributed by atoms with E-state index < -0.39 is 0 Å². The fraction of sp³-hybridized carbons (Fsp3) is 0.524. The van der Waals surface area contributed by atoms with Gasteiger partial charge >= 0.3 is 0 Å². The Labute approximate surface area is 154 Å². The van der Waals surface area contributed by atoms with Crippen LogP contribution in [0.2, 0.25) is 0 Å². The van der Waals surface area contributed by atoms with Gasteiger partial charge in [-0.1, -0.05) is 18.2 Å². The van der Waals surface area contributed by atoms with Crippen LogP contribution in [0.25, 0.3) is 10.9 Å². The molecule has 5 nitrogen and oxygen atoms in total. The summed E-state index contributed by atoms with van der Waals surface area (Å²) in [6.45, 7) is 4.10. The van der Waals surface area contributed by atoms with E-state index in [1.807, 2.05) is 18.2 Å². The molecule has 2 aliphatic heterocycles.